The number of piperidine rings is 1. The summed E-state index contributed by atoms with van der Waals surface area (Å²) in [5, 5.41) is 16.2. The van der Waals surface area contributed by atoms with Gasteiger partial charge >= 0.3 is 5.97 Å². The fraction of sp³-hybridized carbons (Fsp3) is 0.390. The Morgan fingerprint density at radius 1 is 0.885 bits per heavy atom. The smallest absolute Gasteiger partial charge is 0.320 e. The highest BCUT2D eigenvalue weighted by Crippen LogP contribution is 2.43. The number of hydrogen-bond acceptors (Lipinski definition) is 7. The molecule has 4 aromatic rings. The maximum absolute atomic E-state index is 13.6. The third-order valence-corrected chi connectivity index (χ3v) is 11.2. The van der Waals surface area contributed by atoms with Gasteiger partial charge in [0.15, 0.2) is 0 Å². The molecule has 3 N–H and O–H groups in total. The maximum Gasteiger partial charge on any atom is 0.320 e. The molecule has 2 amide bonds. The van der Waals surface area contributed by atoms with Crippen LogP contribution in [-0.4, -0.2) is 67.8 Å². The Kier molecular flexibility index (Phi) is 10.4. The fourth-order valence-electron chi connectivity index (χ4n) is 7.51. The first-order chi connectivity index (χ1) is 25.1. The van der Waals surface area contributed by atoms with E-state index in [1.807, 2.05) is 60.5 Å². The van der Waals surface area contributed by atoms with Crippen LogP contribution in [0.1, 0.15) is 101 Å². The number of nitrogens with one attached hydrogen (secondary N) is 2. The van der Waals surface area contributed by atoms with Crippen LogP contribution in [0, 0.1) is 6.92 Å². The van der Waals surface area contributed by atoms with Crippen LogP contribution in [0.3, 0.4) is 0 Å². The van der Waals surface area contributed by atoms with Crippen LogP contribution in [0.5, 0.6) is 0 Å². The lowest BCUT2D eigenvalue weighted by molar-refractivity contribution is -0.144. The monoisotopic (exact) mass is 720 g/mol. The summed E-state index contributed by atoms with van der Waals surface area (Å²) < 4.78 is 0. The van der Waals surface area contributed by atoms with Gasteiger partial charge in [0.25, 0.3) is 11.8 Å². The number of nitrogens with zero attached hydrogens (tertiary/aromatic N) is 4. The van der Waals surface area contributed by atoms with Gasteiger partial charge in [-0.05, 0) is 123 Å². The number of carboxylic acid groups (broad SMARTS) is 1. The first kappa shape index (κ1) is 35.7. The number of pyridine rings is 2. The Hall–Kier alpha value is -4.64. The molecule has 7 rings (SSSR count). The van der Waals surface area contributed by atoms with E-state index >= 15 is 0 Å². The lowest BCUT2D eigenvalue weighted by Crippen LogP contribution is -2.44. The Labute approximate surface area is 309 Å². The zero-order chi connectivity index (χ0) is 36.5. The Bertz CT molecular complexity index is 2030. The number of aliphatic carboxylic acids is 1. The van der Waals surface area contributed by atoms with Crippen molar-refractivity contribution in [2.75, 3.05) is 23.7 Å². The molecule has 0 bridgehead atoms. The number of aromatic nitrogens is 2. The Morgan fingerprint density at radius 2 is 1.58 bits per heavy atom. The Balaban J connectivity index is 1.07. The van der Waals surface area contributed by atoms with Crippen molar-refractivity contribution in [1.29, 1.82) is 0 Å². The zero-order valence-electron chi connectivity index (χ0n) is 29.9. The van der Waals surface area contributed by atoms with E-state index in [4.69, 9.17) is 11.6 Å². The third kappa shape index (κ3) is 7.60. The average Bonchev–Trinajstić information content (AvgIpc) is 3.99. The molecule has 2 fully saturated rings. The predicted molar refractivity (Wildman–Crippen MR) is 203 cm³/mol. The van der Waals surface area contributed by atoms with Gasteiger partial charge < -0.3 is 15.7 Å². The largest absolute Gasteiger partial charge is 0.480 e. The number of anilines is 2. The van der Waals surface area contributed by atoms with Crippen molar-refractivity contribution >= 4 is 40.8 Å². The Morgan fingerprint density at radius 3 is 2.31 bits per heavy atom. The molecule has 2 aliphatic heterocycles. The number of likely N-dealkylation sites (tertiary alicyclic amines) is 1. The van der Waals surface area contributed by atoms with Gasteiger partial charge in [-0.1, -0.05) is 42.3 Å². The summed E-state index contributed by atoms with van der Waals surface area (Å²) in [7, 11) is 0. The molecule has 1 unspecified atom stereocenters. The summed E-state index contributed by atoms with van der Waals surface area (Å²) in [4.78, 5) is 52.3. The third-order valence-electron chi connectivity index (χ3n) is 10.8. The van der Waals surface area contributed by atoms with Crippen LogP contribution in [0.15, 0.2) is 60.9 Å². The van der Waals surface area contributed by atoms with Crippen molar-refractivity contribution in [1.82, 2.24) is 19.8 Å². The number of carboxylic acids is 1. The number of benzene rings is 2. The molecule has 1 atom stereocenters. The number of rotatable bonds is 10. The quantitative estimate of drug-likeness (QED) is 0.152. The second-order valence-electron chi connectivity index (χ2n) is 14.6. The van der Waals surface area contributed by atoms with E-state index in [9.17, 15) is 19.5 Å². The molecule has 1 saturated heterocycles. The van der Waals surface area contributed by atoms with Crippen LogP contribution in [0.4, 0.5) is 11.4 Å². The minimum Gasteiger partial charge on any atom is -0.480 e. The van der Waals surface area contributed by atoms with Crippen LogP contribution in [0.25, 0.3) is 11.1 Å². The molecule has 4 heterocycles. The summed E-state index contributed by atoms with van der Waals surface area (Å²) in [5.74, 6) is -1.08. The van der Waals surface area contributed by atoms with Crippen molar-refractivity contribution in [3.63, 3.8) is 0 Å². The minimum absolute atomic E-state index is 0.319. The summed E-state index contributed by atoms with van der Waals surface area (Å²) in [6.45, 7) is 9.32. The van der Waals surface area contributed by atoms with Gasteiger partial charge in [-0.15, -0.1) is 0 Å². The van der Waals surface area contributed by atoms with Crippen molar-refractivity contribution < 1.29 is 19.5 Å². The predicted octanol–water partition coefficient (Wildman–Crippen LogP) is 7.69. The molecular formula is C41H45ClN6O4. The molecule has 1 aliphatic carbocycles. The number of amides is 2. The molecular weight excluding hydrogens is 676 g/mol. The highest BCUT2D eigenvalue weighted by Gasteiger charge is 2.32. The van der Waals surface area contributed by atoms with E-state index in [2.05, 4.69) is 39.3 Å². The zero-order valence-corrected chi connectivity index (χ0v) is 30.7. The minimum atomic E-state index is -0.784. The van der Waals surface area contributed by atoms with E-state index in [0.29, 0.717) is 52.7 Å². The van der Waals surface area contributed by atoms with Gasteiger partial charge in [-0.3, -0.25) is 34.2 Å². The van der Waals surface area contributed by atoms with Crippen molar-refractivity contribution in [3.05, 3.63) is 105 Å². The van der Waals surface area contributed by atoms with Crippen molar-refractivity contribution in [3.8, 4) is 11.1 Å². The van der Waals surface area contributed by atoms with Crippen LogP contribution in [0.2, 0.25) is 5.02 Å². The standard InChI is InChI=1S/C41H45ClN6O4/c1-24(2)47-17-15-27-18-35(43-20-28(27)22-47)39(49)46-34-11-7-9-31(38(34)42)30-8-6-10-33(25(30)3)45-40(50)36-19-32(26-13-14-26)29(21-44-36)23-48-16-5-4-12-37(48)41(51)52/h6-11,18-21,24,26,37H,4-5,12-17,22-23H2,1-3H3,(H,45,50)(H,46,49)(H,51,52). The number of halogens is 1. The molecule has 0 radical (unpaired) electrons. The molecule has 3 aliphatic rings. The van der Waals surface area contributed by atoms with Crippen molar-refractivity contribution in [2.24, 2.45) is 0 Å². The lowest BCUT2D eigenvalue weighted by atomic mass is 9.98. The van der Waals surface area contributed by atoms with E-state index in [0.717, 1.165) is 90.7 Å². The summed E-state index contributed by atoms with van der Waals surface area (Å²) >= 11 is 6.95. The van der Waals surface area contributed by atoms with Gasteiger partial charge in [0, 0.05) is 49.3 Å². The molecule has 2 aromatic heterocycles. The first-order valence-electron chi connectivity index (χ1n) is 18.3. The topological polar surface area (TPSA) is 128 Å². The van der Waals surface area contributed by atoms with Crippen LogP contribution in [-0.2, 0) is 24.3 Å². The molecule has 0 spiro atoms. The first-order valence-corrected chi connectivity index (χ1v) is 18.6. The molecule has 2 aromatic carbocycles. The number of fused-ring (bicyclic) bond motifs is 1. The van der Waals surface area contributed by atoms with Gasteiger partial charge in [-0.25, -0.2) is 0 Å². The maximum atomic E-state index is 13.6. The molecule has 270 valence electrons. The van der Waals surface area contributed by atoms with E-state index in [1.54, 1.807) is 12.3 Å². The van der Waals surface area contributed by atoms with E-state index < -0.39 is 12.0 Å². The normalized spacial score (nSPS) is 17.8. The van der Waals surface area contributed by atoms with Gasteiger partial charge in [0.05, 0.1) is 10.7 Å². The summed E-state index contributed by atoms with van der Waals surface area (Å²) in [6, 6.07) is 14.9. The average molecular weight is 721 g/mol. The number of carbonyl (C=O) groups is 3. The van der Waals surface area contributed by atoms with Gasteiger partial charge in [0.1, 0.15) is 17.4 Å². The van der Waals surface area contributed by atoms with Crippen LogP contribution >= 0.6 is 11.6 Å². The second-order valence-corrected chi connectivity index (χ2v) is 14.9. The SMILES string of the molecule is Cc1c(NC(=O)c2cc(C3CC3)c(CN3CCCCC3C(=O)O)cn2)cccc1-c1cccc(NC(=O)c2cc3c(cn2)CN(C(C)C)CC3)c1Cl. The lowest BCUT2D eigenvalue weighted by Gasteiger charge is -2.33. The highest BCUT2D eigenvalue weighted by molar-refractivity contribution is 6.36. The number of hydrogen-bond donors (Lipinski definition) is 3. The van der Waals surface area contributed by atoms with E-state index in [-0.39, 0.29) is 11.8 Å². The summed E-state index contributed by atoms with van der Waals surface area (Å²) in [6.07, 6.45) is 9.06. The molecule has 11 heteroatoms. The number of carbonyl (C=O) groups excluding carboxylic acids is 2. The highest BCUT2D eigenvalue weighted by atomic mass is 35.5. The van der Waals surface area contributed by atoms with Gasteiger partial charge in [0.2, 0.25) is 0 Å². The van der Waals surface area contributed by atoms with Crippen LogP contribution < -0.4 is 10.6 Å². The molecule has 1 saturated carbocycles. The van der Waals surface area contributed by atoms with Gasteiger partial charge in [-0.2, -0.15) is 0 Å². The molecule has 52 heavy (non-hydrogen) atoms. The summed E-state index contributed by atoms with van der Waals surface area (Å²) in [5.41, 5.74) is 8.48. The fourth-order valence-corrected chi connectivity index (χ4v) is 7.78. The van der Waals surface area contributed by atoms with Crippen molar-refractivity contribution in [2.45, 2.75) is 90.4 Å². The molecule has 10 nitrogen and oxygen atoms in total. The second kappa shape index (κ2) is 15.1. The van der Waals surface area contributed by atoms with E-state index in [1.165, 1.54) is 0 Å².